The number of hydrogen-bond donors (Lipinski definition) is 1. The van der Waals surface area contributed by atoms with E-state index < -0.39 is 0 Å². The van der Waals surface area contributed by atoms with Crippen LogP contribution in [-0.2, 0) is 12.8 Å². The van der Waals surface area contributed by atoms with Crippen LogP contribution in [0.5, 0.6) is 0 Å². The quantitative estimate of drug-likeness (QED) is 0.938. The van der Waals surface area contributed by atoms with Crippen LogP contribution in [0.2, 0.25) is 0 Å². The molecule has 1 heterocycles. The Morgan fingerprint density at radius 1 is 1.35 bits per heavy atom. The number of nitrogens with zero attached hydrogens (tertiary/aromatic N) is 1. The molecular weight excluding hydrogens is 298 g/mol. The Balaban J connectivity index is 2.03. The number of aromatic nitrogens is 1. The number of aliphatic hydroxyl groups excluding tert-OH is 1. The molecule has 0 radical (unpaired) electrons. The largest absolute Gasteiger partial charge is 0.393 e. The van der Waals surface area contributed by atoms with E-state index in [1.807, 2.05) is 18.3 Å². The molecule has 1 atom stereocenters. The first kappa shape index (κ1) is 12.7. The minimum absolute atomic E-state index is 0.295. The molecule has 1 aromatic carbocycles. The van der Waals surface area contributed by atoms with E-state index in [4.69, 9.17) is 0 Å². The Kier molecular flexibility index (Phi) is 4.31. The van der Waals surface area contributed by atoms with E-state index in [-0.39, 0.29) is 6.10 Å². The van der Waals surface area contributed by atoms with Gasteiger partial charge in [0.2, 0.25) is 0 Å². The van der Waals surface area contributed by atoms with Crippen LogP contribution < -0.4 is 0 Å². The highest BCUT2D eigenvalue weighted by molar-refractivity contribution is 9.10. The zero-order chi connectivity index (χ0) is 12.3. The van der Waals surface area contributed by atoms with Crippen LogP contribution in [-0.4, -0.2) is 16.2 Å². The second-order valence-corrected chi connectivity index (χ2v) is 6.19. The van der Waals surface area contributed by atoms with Crippen molar-refractivity contribution < 1.29 is 5.11 Å². The third kappa shape index (κ3) is 3.91. The average Bonchev–Trinajstić information content (AvgIpc) is 2.68. The van der Waals surface area contributed by atoms with Gasteiger partial charge in [0, 0.05) is 28.4 Å². The SMILES string of the molecule is CC(O)Cc1cnc(Cc2ccc(Br)cc2)s1. The van der Waals surface area contributed by atoms with E-state index in [1.165, 1.54) is 5.56 Å². The van der Waals surface area contributed by atoms with Gasteiger partial charge in [-0.15, -0.1) is 11.3 Å². The van der Waals surface area contributed by atoms with Crippen molar-refractivity contribution >= 4 is 27.3 Å². The minimum atomic E-state index is -0.295. The Morgan fingerprint density at radius 3 is 2.71 bits per heavy atom. The summed E-state index contributed by atoms with van der Waals surface area (Å²) in [6.45, 7) is 1.80. The van der Waals surface area contributed by atoms with Crippen molar-refractivity contribution in [3.63, 3.8) is 0 Å². The molecule has 0 aliphatic rings. The zero-order valence-corrected chi connectivity index (χ0v) is 12.0. The van der Waals surface area contributed by atoms with Gasteiger partial charge in [-0.1, -0.05) is 28.1 Å². The molecule has 1 unspecified atom stereocenters. The highest BCUT2D eigenvalue weighted by atomic mass is 79.9. The molecule has 0 saturated heterocycles. The summed E-state index contributed by atoms with van der Waals surface area (Å²) in [5, 5.41) is 10.4. The summed E-state index contributed by atoms with van der Waals surface area (Å²) in [4.78, 5) is 5.53. The molecule has 0 aliphatic carbocycles. The monoisotopic (exact) mass is 311 g/mol. The maximum absolute atomic E-state index is 9.31. The lowest BCUT2D eigenvalue weighted by Crippen LogP contribution is -2.01. The van der Waals surface area contributed by atoms with Gasteiger partial charge >= 0.3 is 0 Å². The summed E-state index contributed by atoms with van der Waals surface area (Å²) in [5.41, 5.74) is 1.26. The molecule has 2 aromatic rings. The number of rotatable bonds is 4. The van der Waals surface area contributed by atoms with Gasteiger partial charge in [-0.2, -0.15) is 0 Å². The van der Waals surface area contributed by atoms with Gasteiger partial charge in [-0.25, -0.2) is 4.98 Å². The predicted octanol–water partition coefficient (Wildman–Crippen LogP) is 3.42. The maximum atomic E-state index is 9.31. The lowest BCUT2D eigenvalue weighted by atomic mass is 10.2. The highest BCUT2D eigenvalue weighted by Gasteiger charge is 2.05. The minimum Gasteiger partial charge on any atom is -0.393 e. The van der Waals surface area contributed by atoms with Gasteiger partial charge in [0.05, 0.1) is 11.1 Å². The van der Waals surface area contributed by atoms with E-state index in [2.05, 4.69) is 33.0 Å². The average molecular weight is 312 g/mol. The van der Waals surface area contributed by atoms with Crippen molar-refractivity contribution in [2.75, 3.05) is 0 Å². The fourth-order valence-corrected chi connectivity index (χ4v) is 2.93. The van der Waals surface area contributed by atoms with Crippen LogP contribution in [0.1, 0.15) is 22.4 Å². The molecule has 2 rings (SSSR count). The Morgan fingerprint density at radius 2 is 2.06 bits per heavy atom. The topological polar surface area (TPSA) is 33.1 Å². The van der Waals surface area contributed by atoms with Gasteiger partial charge in [0.15, 0.2) is 0 Å². The lowest BCUT2D eigenvalue weighted by Gasteiger charge is -1.99. The molecule has 4 heteroatoms. The fourth-order valence-electron chi connectivity index (χ4n) is 1.59. The van der Waals surface area contributed by atoms with Crippen molar-refractivity contribution in [2.45, 2.75) is 25.9 Å². The number of halogens is 1. The first-order valence-electron chi connectivity index (χ1n) is 5.49. The van der Waals surface area contributed by atoms with Gasteiger partial charge in [0.25, 0.3) is 0 Å². The van der Waals surface area contributed by atoms with Crippen LogP contribution in [0.15, 0.2) is 34.9 Å². The predicted molar refractivity (Wildman–Crippen MR) is 74.4 cm³/mol. The van der Waals surface area contributed by atoms with Crippen molar-refractivity contribution in [1.82, 2.24) is 4.98 Å². The molecule has 1 aromatic heterocycles. The molecule has 90 valence electrons. The van der Waals surface area contributed by atoms with Crippen LogP contribution in [0, 0.1) is 0 Å². The Bertz CT molecular complexity index is 478. The van der Waals surface area contributed by atoms with E-state index in [9.17, 15) is 5.11 Å². The molecule has 0 bridgehead atoms. The lowest BCUT2D eigenvalue weighted by molar-refractivity contribution is 0.196. The molecule has 0 saturated carbocycles. The van der Waals surface area contributed by atoms with E-state index >= 15 is 0 Å². The number of thiazole rings is 1. The van der Waals surface area contributed by atoms with Crippen LogP contribution in [0.3, 0.4) is 0 Å². The number of aliphatic hydroxyl groups is 1. The first-order chi connectivity index (χ1) is 8.13. The molecule has 0 aliphatic heterocycles. The molecule has 0 amide bonds. The molecule has 1 N–H and O–H groups in total. The molecule has 17 heavy (non-hydrogen) atoms. The Hall–Kier alpha value is -0.710. The van der Waals surface area contributed by atoms with Crippen molar-refractivity contribution in [3.8, 4) is 0 Å². The summed E-state index contributed by atoms with van der Waals surface area (Å²) in [6.07, 6.45) is 3.12. The second-order valence-electron chi connectivity index (χ2n) is 4.08. The van der Waals surface area contributed by atoms with Crippen molar-refractivity contribution in [2.24, 2.45) is 0 Å². The number of hydrogen-bond acceptors (Lipinski definition) is 3. The summed E-state index contributed by atoms with van der Waals surface area (Å²) in [5.74, 6) is 0. The summed E-state index contributed by atoms with van der Waals surface area (Å²) in [6, 6.07) is 8.28. The van der Waals surface area contributed by atoms with Crippen LogP contribution in [0.25, 0.3) is 0 Å². The zero-order valence-electron chi connectivity index (χ0n) is 9.56. The standard InChI is InChI=1S/C13H14BrNOS/c1-9(16)6-12-8-15-13(17-12)7-10-2-4-11(14)5-3-10/h2-5,8-9,16H,6-7H2,1H3. The van der Waals surface area contributed by atoms with Gasteiger partial charge in [-0.3, -0.25) is 0 Å². The number of benzene rings is 1. The van der Waals surface area contributed by atoms with Gasteiger partial charge in [0.1, 0.15) is 0 Å². The fraction of sp³-hybridized carbons (Fsp3) is 0.308. The van der Waals surface area contributed by atoms with Gasteiger partial charge < -0.3 is 5.11 Å². The van der Waals surface area contributed by atoms with E-state index in [1.54, 1.807) is 18.3 Å². The normalized spacial score (nSPS) is 12.6. The van der Waals surface area contributed by atoms with Crippen molar-refractivity contribution in [3.05, 3.63) is 50.4 Å². The van der Waals surface area contributed by atoms with E-state index in [0.717, 1.165) is 20.8 Å². The third-order valence-corrected chi connectivity index (χ3v) is 3.91. The second kappa shape index (κ2) is 5.76. The maximum Gasteiger partial charge on any atom is 0.0971 e. The van der Waals surface area contributed by atoms with Crippen molar-refractivity contribution in [1.29, 1.82) is 0 Å². The van der Waals surface area contributed by atoms with Crippen LogP contribution >= 0.6 is 27.3 Å². The van der Waals surface area contributed by atoms with Gasteiger partial charge in [-0.05, 0) is 24.6 Å². The smallest absolute Gasteiger partial charge is 0.0971 e. The van der Waals surface area contributed by atoms with E-state index in [0.29, 0.717) is 6.42 Å². The summed E-state index contributed by atoms with van der Waals surface area (Å²) < 4.78 is 1.09. The Labute approximate surface area is 113 Å². The third-order valence-electron chi connectivity index (χ3n) is 2.37. The summed E-state index contributed by atoms with van der Waals surface area (Å²) in [7, 11) is 0. The molecule has 0 fully saturated rings. The molecule has 0 spiro atoms. The first-order valence-corrected chi connectivity index (χ1v) is 7.10. The molecular formula is C13H14BrNOS. The highest BCUT2D eigenvalue weighted by Crippen LogP contribution is 2.19. The molecule has 2 nitrogen and oxygen atoms in total. The van der Waals surface area contributed by atoms with Crippen LogP contribution in [0.4, 0.5) is 0 Å². The summed E-state index contributed by atoms with van der Waals surface area (Å²) >= 11 is 5.10.